The molecule has 0 saturated carbocycles. The smallest absolute Gasteiger partial charge is 0.456 e. The maximum Gasteiger partial charge on any atom is 0.488 e. The third-order valence-electron chi connectivity index (χ3n) is 5.86. The third kappa shape index (κ3) is 2.44. The van der Waals surface area contributed by atoms with Crippen molar-refractivity contribution in [3.63, 3.8) is 0 Å². The van der Waals surface area contributed by atoms with Crippen LogP contribution in [0.15, 0.2) is 83.3 Å². The molecule has 6 heteroatoms. The molecule has 2 heterocycles. The zero-order chi connectivity index (χ0) is 20.4. The summed E-state index contributed by atoms with van der Waals surface area (Å²) in [5.41, 5.74) is 6.52. The Morgan fingerprint density at radius 1 is 0.700 bits per heavy atom. The first-order valence-corrected chi connectivity index (χ1v) is 9.93. The first-order valence-electron chi connectivity index (χ1n) is 9.93. The molecule has 4 aromatic carbocycles. The van der Waals surface area contributed by atoms with Gasteiger partial charge in [-0.25, -0.2) is 0 Å². The van der Waals surface area contributed by atoms with E-state index in [2.05, 4.69) is 48.8 Å². The van der Waals surface area contributed by atoms with Gasteiger partial charge in [-0.3, -0.25) is 0 Å². The number of hydrogen-bond donors (Lipinski definition) is 2. The molecule has 0 radical (unpaired) electrons. The maximum absolute atomic E-state index is 9.67. The zero-order valence-electron chi connectivity index (χ0n) is 16.3. The van der Waals surface area contributed by atoms with E-state index in [0.717, 1.165) is 54.9 Å². The summed E-state index contributed by atoms with van der Waals surface area (Å²) >= 11 is 0. The summed E-state index contributed by atoms with van der Waals surface area (Å²) in [6.07, 6.45) is 0. The summed E-state index contributed by atoms with van der Waals surface area (Å²) in [6, 6.07) is 26.3. The van der Waals surface area contributed by atoms with Gasteiger partial charge in [-0.15, -0.1) is 0 Å². The summed E-state index contributed by atoms with van der Waals surface area (Å²) in [5.74, 6) is 0. The molecule has 0 fully saturated rings. The minimum Gasteiger partial charge on any atom is -0.456 e. The minimum absolute atomic E-state index is 0.485. The lowest BCUT2D eigenvalue weighted by Crippen LogP contribution is -2.29. The third-order valence-corrected chi connectivity index (χ3v) is 5.86. The monoisotopic (exact) mass is 389 g/mol. The molecule has 0 aliphatic heterocycles. The Bertz CT molecular complexity index is 1600. The van der Waals surface area contributed by atoms with E-state index >= 15 is 0 Å². The van der Waals surface area contributed by atoms with Crippen molar-refractivity contribution in [1.82, 2.24) is 4.57 Å². The van der Waals surface area contributed by atoms with Crippen molar-refractivity contribution in [2.75, 3.05) is 0 Å². The van der Waals surface area contributed by atoms with Crippen molar-refractivity contribution in [2.45, 2.75) is 0 Å². The van der Waals surface area contributed by atoms with E-state index in [0.29, 0.717) is 5.46 Å². The van der Waals surface area contributed by atoms with Crippen molar-refractivity contribution in [3.05, 3.63) is 78.9 Å². The molecule has 0 bridgehead atoms. The number of para-hydroxylation sites is 1. The summed E-state index contributed by atoms with van der Waals surface area (Å²) < 4.78 is 8.21. The molecule has 0 spiro atoms. The second-order valence-corrected chi connectivity index (χ2v) is 7.78. The number of aromatic nitrogens is 1. The Hall–Kier alpha value is -3.47. The average Bonchev–Trinajstić information content (AvgIpc) is 3.28. The van der Waals surface area contributed by atoms with Crippen LogP contribution in [-0.2, 0) is 0 Å². The normalized spacial score (nSPS) is 11.8. The summed E-state index contributed by atoms with van der Waals surface area (Å²) in [6.45, 7) is 0. The molecule has 0 saturated heterocycles. The molecule has 2 N–H and O–H groups in total. The van der Waals surface area contributed by atoms with Crippen LogP contribution in [0.3, 0.4) is 0 Å². The number of hydrogen-bond acceptors (Lipinski definition) is 3. The molecule has 6 aromatic rings. The molecule has 0 atom stereocenters. The SMILES string of the molecule is Bc1ccc2c(c1)c1cc(B(O)O)ccc1n2-c1ccc2oc3ccccc3c2c1. The molecule has 0 amide bonds. The predicted molar refractivity (Wildman–Crippen MR) is 126 cm³/mol. The topological polar surface area (TPSA) is 58.5 Å². The van der Waals surface area contributed by atoms with Crippen LogP contribution in [-0.4, -0.2) is 29.6 Å². The lowest BCUT2D eigenvalue weighted by Gasteiger charge is -2.08. The largest absolute Gasteiger partial charge is 0.488 e. The predicted octanol–water partition coefficient (Wildman–Crippen LogP) is 2.62. The summed E-state index contributed by atoms with van der Waals surface area (Å²) in [5, 5.41) is 23.6. The van der Waals surface area contributed by atoms with Gasteiger partial charge in [0, 0.05) is 27.2 Å². The molecule has 0 aliphatic carbocycles. The lowest BCUT2D eigenvalue weighted by atomic mass is 9.79. The van der Waals surface area contributed by atoms with E-state index in [9.17, 15) is 10.0 Å². The van der Waals surface area contributed by atoms with E-state index in [-0.39, 0.29) is 0 Å². The molecular weight excluding hydrogens is 372 g/mol. The van der Waals surface area contributed by atoms with Crippen LogP contribution in [0.1, 0.15) is 0 Å². The van der Waals surface area contributed by atoms with E-state index < -0.39 is 7.12 Å². The van der Waals surface area contributed by atoms with Gasteiger partial charge in [0.25, 0.3) is 0 Å². The minimum atomic E-state index is -1.49. The van der Waals surface area contributed by atoms with Crippen LogP contribution < -0.4 is 10.9 Å². The van der Waals surface area contributed by atoms with Crippen LogP contribution in [0.25, 0.3) is 49.4 Å². The molecule has 0 aliphatic rings. The fraction of sp³-hybridized carbons (Fsp3) is 0. The fourth-order valence-corrected chi connectivity index (χ4v) is 4.45. The van der Waals surface area contributed by atoms with Gasteiger partial charge >= 0.3 is 7.12 Å². The molecular formula is C24H17B2NO3. The van der Waals surface area contributed by atoms with Gasteiger partial charge in [0.1, 0.15) is 19.0 Å². The molecule has 6 rings (SSSR count). The van der Waals surface area contributed by atoms with E-state index in [1.54, 1.807) is 6.07 Å². The lowest BCUT2D eigenvalue weighted by molar-refractivity contribution is 0.426. The number of rotatable bonds is 2. The van der Waals surface area contributed by atoms with Gasteiger partial charge in [0.2, 0.25) is 0 Å². The second-order valence-electron chi connectivity index (χ2n) is 7.78. The Labute approximate surface area is 173 Å². The van der Waals surface area contributed by atoms with Gasteiger partial charge in [-0.2, -0.15) is 0 Å². The second kappa shape index (κ2) is 6.26. The quantitative estimate of drug-likeness (QED) is 0.448. The highest BCUT2D eigenvalue weighted by molar-refractivity contribution is 6.59. The van der Waals surface area contributed by atoms with Crippen LogP contribution in [0.4, 0.5) is 0 Å². The van der Waals surface area contributed by atoms with E-state index in [1.165, 1.54) is 0 Å². The van der Waals surface area contributed by atoms with Gasteiger partial charge in [-0.05, 0) is 41.9 Å². The van der Waals surface area contributed by atoms with Crippen molar-refractivity contribution in [2.24, 2.45) is 0 Å². The maximum atomic E-state index is 9.67. The Morgan fingerprint density at radius 3 is 2.27 bits per heavy atom. The highest BCUT2D eigenvalue weighted by Crippen LogP contribution is 2.34. The first kappa shape index (κ1) is 17.4. The average molecular weight is 389 g/mol. The van der Waals surface area contributed by atoms with Crippen molar-refractivity contribution in [1.29, 1.82) is 0 Å². The Balaban J connectivity index is 1.71. The summed E-state index contributed by atoms with van der Waals surface area (Å²) in [7, 11) is 0.572. The summed E-state index contributed by atoms with van der Waals surface area (Å²) in [4.78, 5) is 0. The molecule has 0 unspecified atom stereocenters. The standard InChI is InChI=1S/C24H17B2NO3/c25-14-5-8-21-18(11-14)19-12-15(26(28)29)6-9-22(19)27(21)16-7-10-24-20(13-16)17-3-1-2-4-23(17)30-24/h1-13,28-29H,25H2. The van der Waals surface area contributed by atoms with Gasteiger partial charge in [-0.1, -0.05) is 47.9 Å². The van der Waals surface area contributed by atoms with Gasteiger partial charge < -0.3 is 19.0 Å². The number of furan rings is 1. The van der Waals surface area contributed by atoms with Gasteiger partial charge in [0.05, 0.1) is 11.0 Å². The van der Waals surface area contributed by atoms with Crippen LogP contribution in [0.2, 0.25) is 0 Å². The molecule has 142 valence electrons. The van der Waals surface area contributed by atoms with Gasteiger partial charge in [0.15, 0.2) is 0 Å². The first-order chi connectivity index (χ1) is 14.6. The van der Waals surface area contributed by atoms with Crippen molar-refractivity contribution < 1.29 is 14.5 Å². The fourth-order valence-electron chi connectivity index (χ4n) is 4.45. The van der Waals surface area contributed by atoms with Crippen molar-refractivity contribution >= 4 is 69.6 Å². The Kier molecular flexibility index (Phi) is 3.63. The molecule has 30 heavy (non-hydrogen) atoms. The number of fused-ring (bicyclic) bond motifs is 6. The Morgan fingerprint density at radius 2 is 1.43 bits per heavy atom. The number of benzene rings is 4. The molecule has 2 aromatic heterocycles. The van der Waals surface area contributed by atoms with E-state index in [1.807, 2.05) is 36.4 Å². The van der Waals surface area contributed by atoms with Crippen LogP contribution in [0.5, 0.6) is 0 Å². The highest BCUT2D eigenvalue weighted by atomic mass is 16.4. The number of nitrogens with zero attached hydrogens (tertiary/aromatic N) is 1. The van der Waals surface area contributed by atoms with Crippen LogP contribution in [0, 0.1) is 0 Å². The van der Waals surface area contributed by atoms with Crippen LogP contribution >= 0.6 is 0 Å². The van der Waals surface area contributed by atoms with E-state index in [4.69, 9.17) is 4.42 Å². The van der Waals surface area contributed by atoms with Crippen molar-refractivity contribution in [3.8, 4) is 5.69 Å². The molecule has 4 nitrogen and oxygen atoms in total. The highest BCUT2D eigenvalue weighted by Gasteiger charge is 2.17. The zero-order valence-corrected chi connectivity index (χ0v) is 16.3.